The molecule has 1 fully saturated rings. The Morgan fingerprint density at radius 3 is 2.47 bits per heavy atom. The summed E-state index contributed by atoms with van der Waals surface area (Å²) >= 11 is 0. The van der Waals surface area contributed by atoms with Gasteiger partial charge in [0, 0.05) is 11.3 Å². The van der Waals surface area contributed by atoms with Gasteiger partial charge in [0.2, 0.25) is 0 Å². The summed E-state index contributed by atoms with van der Waals surface area (Å²) in [4.78, 5) is 13.6. The molecule has 0 spiro atoms. The van der Waals surface area contributed by atoms with Crippen molar-refractivity contribution in [3.63, 3.8) is 0 Å². The number of anilines is 1. The maximum absolute atomic E-state index is 14.4. The number of likely N-dealkylation sites (tertiary alicyclic amines) is 1. The van der Waals surface area contributed by atoms with Gasteiger partial charge in [-0.3, -0.25) is 4.79 Å². The zero-order valence-electron chi connectivity index (χ0n) is 11.2. The van der Waals surface area contributed by atoms with E-state index in [1.807, 2.05) is 7.05 Å². The first-order valence-electron chi connectivity index (χ1n) is 6.38. The largest absolute Gasteiger partial charge is 0.398 e. The zero-order valence-corrected chi connectivity index (χ0v) is 11.2. The van der Waals surface area contributed by atoms with E-state index in [2.05, 4.69) is 4.90 Å². The predicted octanol–water partition coefficient (Wildman–Crippen LogP) is 2.56. The van der Waals surface area contributed by atoms with Crippen molar-refractivity contribution in [2.24, 2.45) is 0 Å². The van der Waals surface area contributed by atoms with E-state index in [0.29, 0.717) is 12.8 Å². The number of rotatable bonds is 2. The van der Waals surface area contributed by atoms with Gasteiger partial charge in [0.15, 0.2) is 5.78 Å². The summed E-state index contributed by atoms with van der Waals surface area (Å²) in [6.07, 6.45) is 1.37. The van der Waals surface area contributed by atoms with Crippen molar-refractivity contribution in [1.29, 1.82) is 0 Å². The van der Waals surface area contributed by atoms with Gasteiger partial charge in [-0.25, -0.2) is 8.78 Å². The molecule has 1 aliphatic heterocycles. The molecule has 1 aromatic carbocycles. The fraction of sp³-hybridized carbons (Fsp3) is 0.500. The first kappa shape index (κ1) is 13.9. The van der Waals surface area contributed by atoms with Gasteiger partial charge >= 0.3 is 0 Å². The van der Waals surface area contributed by atoms with Crippen molar-refractivity contribution in [3.05, 3.63) is 28.8 Å². The van der Waals surface area contributed by atoms with Crippen LogP contribution in [0.5, 0.6) is 0 Å². The minimum Gasteiger partial charge on any atom is -0.398 e. The molecule has 19 heavy (non-hydrogen) atoms. The van der Waals surface area contributed by atoms with Crippen LogP contribution < -0.4 is 5.73 Å². The van der Waals surface area contributed by atoms with Crippen LogP contribution >= 0.6 is 0 Å². The lowest BCUT2D eigenvalue weighted by Crippen LogP contribution is -2.30. The number of hydrogen-bond donors (Lipinski definition) is 1. The second kappa shape index (κ2) is 5.25. The van der Waals surface area contributed by atoms with E-state index in [4.69, 9.17) is 5.73 Å². The van der Waals surface area contributed by atoms with Crippen molar-refractivity contribution in [2.45, 2.75) is 25.7 Å². The highest BCUT2D eigenvalue weighted by atomic mass is 19.1. The van der Waals surface area contributed by atoms with Crippen LogP contribution in [0.15, 0.2) is 6.07 Å². The maximum Gasteiger partial charge on any atom is 0.164 e. The Hall–Kier alpha value is -1.49. The molecule has 1 heterocycles. The average Bonchev–Trinajstić information content (AvgIpc) is 2.30. The fourth-order valence-corrected chi connectivity index (χ4v) is 2.68. The van der Waals surface area contributed by atoms with Gasteiger partial charge in [0.25, 0.3) is 0 Å². The van der Waals surface area contributed by atoms with E-state index in [1.54, 1.807) is 0 Å². The van der Waals surface area contributed by atoms with Gasteiger partial charge in [0.05, 0.1) is 5.56 Å². The van der Waals surface area contributed by atoms with Crippen molar-refractivity contribution < 1.29 is 13.6 Å². The highest BCUT2D eigenvalue weighted by Gasteiger charge is 2.28. The van der Waals surface area contributed by atoms with Crippen molar-refractivity contribution in [2.75, 3.05) is 25.9 Å². The topological polar surface area (TPSA) is 46.3 Å². The normalized spacial score (nSPS) is 17.7. The minimum atomic E-state index is -0.778. The molecule has 5 heteroatoms. The number of halogens is 2. The van der Waals surface area contributed by atoms with Crippen LogP contribution in [0.25, 0.3) is 0 Å². The summed E-state index contributed by atoms with van der Waals surface area (Å²) < 4.78 is 28.4. The SMILES string of the molecule is CC(=O)c1c(N)cc(F)c(C2CCN(C)CC2)c1F. The molecular weight excluding hydrogens is 250 g/mol. The summed E-state index contributed by atoms with van der Waals surface area (Å²) in [5, 5.41) is 0. The number of nitrogens with zero attached hydrogens (tertiary/aromatic N) is 1. The molecule has 104 valence electrons. The maximum atomic E-state index is 14.4. The number of Topliss-reactive ketones (excluding diaryl/α,β-unsaturated/α-hetero) is 1. The summed E-state index contributed by atoms with van der Waals surface area (Å²) in [6, 6.07) is 1.06. The smallest absolute Gasteiger partial charge is 0.164 e. The van der Waals surface area contributed by atoms with Crippen LogP contribution in [0.3, 0.4) is 0 Å². The standard InChI is InChI=1S/C14H18F2N2O/c1-8(19)12-11(17)7-10(15)13(14(12)16)9-3-5-18(2)6-4-9/h7,9H,3-6,17H2,1-2H3. The zero-order chi connectivity index (χ0) is 14.2. The van der Waals surface area contributed by atoms with Crippen LogP contribution in [0.2, 0.25) is 0 Å². The van der Waals surface area contributed by atoms with Gasteiger partial charge in [0.1, 0.15) is 11.6 Å². The van der Waals surface area contributed by atoms with Gasteiger partial charge in [-0.05, 0) is 51.9 Å². The number of piperidine rings is 1. The molecule has 1 aliphatic rings. The van der Waals surface area contributed by atoms with E-state index >= 15 is 0 Å². The Morgan fingerprint density at radius 2 is 1.95 bits per heavy atom. The third kappa shape index (κ3) is 2.61. The van der Waals surface area contributed by atoms with Gasteiger partial charge in [-0.15, -0.1) is 0 Å². The first-order valence-corrected chi connectivity index (χ1v) is 6.38. The number of nitrogen functional groups attached to an aromatic ring is 1. The van der Waals surface area contributed by atoms with Gasteiger partial charge < -0.3 is 10.6 Å². The summed E-state index contributed by atoms with van der Waals surface area (Å²) in [7, 11) is 1.98. The van der Waals surface area contributed by atoms with E-state index < -0.39 is 17.4 Å². The lowest BCUT2D eigenvalue weighted by atomic mass is 9.87. The Labute approximate surface area is 111 Å². The molecule has 0 amide bonds. The summed E-state index contributed by atoms with van der Waals surface area (Å²) in [6.45, 7) is 2.83. The third-order valence-electron chi connectivity index (χ3n) is 3.76. The molecule has 0 aromatic heterocycles. The Morgan fingerprint density at radius 1 is 1.37 bits per heavy atom. The lowest BCUT2D eigenvalue weighted by molar-refractivity contribution is 0.101. The molecule has 0 aliphatic carbocycles. The molecule has 0 radical (unpaired) electrons. The molecule has 2 N–H and O–H groups in total. The quantitative estimate of drug-likeness (QED) is 0.662. The number of hydrogen-bond acceptors (Lipinski definition) is 3. The summed E-state index contributed by atoms with van der Waals surface area (Å²) in [5.74, 6) is -2.08. The number of carbonyl (C=O) groups is 1. The number of ketones is 1. The van der Waals surface area contributed by atoms with Crippen molar-refractivity contribution >= 4 is 11.5 Å². The molecule has 0 atom stereocenters. The van der Waals surface area contributed by atoms with Crippen LogP contribution in [0.4, 0.5) is 14.5 Å². The first-order chi connectivity index (χ1) is 8.91. The van der Waals surface area contributed by atoms with E-state index in [1.165, 1.54) is 6.92 Å². The average molecular weight is 268 g/mol. The molecule has 0 bridgehead atoms. The van der Waals surface area contributed by atoms with E-state index in [-0.39, 0.29) is 22.7 Å². The molecule has 0 unspecified atom stereocenters. The molecule has 3 nitrogen and oxygen atoms in total. The molecular formula is C14H18F2N2O. The monoisotopic (exact) mass is 268 g/mol. The third-order valence-corrected chi connectivity index (χ3v) is 3.76. The molecule has 2 rings (SSSR count). The van der Waals surface area contributed by atoms with Crippen LogP contribution in [0, 0.1) is 11.6 Å². The Bertz CT molecular complexity index is 509. The van der Waals surface area contributed by atoms with E-state index in [9.17, 15) is 13.6 Å². The predicted molar refractivity (Wildman–Crippen MR) is 70.2 cm³/mol. The second-order valence-corrected chi connectivity index (χ2v) is 5.18. The highest BCUT2D eigenvalue weighted by molar-refractivity contribution is 5.99. The van der Waals surface area contributed by atoms with Crippen molar-refractivity contribution in [1.82, 2.24) is 4.90 Å². The number of nitrogens with two attached hydrogens (primary N) is 1. The Kier molecular flexibility index (Phi) is 3.85. The minimum absolute atomic E-state index is 0.0208. The van der Waals surface area contributed by atoms with Gasteiger partial charge in [-0.2, -0.15) is 0 Å². The van der Waals surface area contributed by atoms with Crippen LogP contribution in [0.1, 0.15) is 41.6 Å². The summed E-state index contributed by atoms with van der Waals surface area (Å²) in [5.41, 5.74) is 5.24. The highest BCUT2D eigenvalue weighted by Crippen LogP contribution is 2.34. The molecule has 0 saturated carbocycles. The van der Waals surface area contributed by atoms with Crippen molar-refractivity contribution in [3.8, 4) is 0 Å². The molecule has 1 saturated heterocycles. The van der Waals surface area contributed by atoms with E-state index in [0.717, 1.165) is 19.2 Å². The fourth-order valence-electron chi connectivity index (χ4n) is 2.68. The number of carbonyl (C=O) groups excluding carboxylic acids is 1. The van der Waals surface area contributed by atoms with Gasteiger partial charge in [-0.1, -0.05) is 0 Å². The second-order valence-electron chi connectivity index (χ2n) is 5.18. The number of benzene rings is 1. The van der Waals surface area contributed by atoms with Crippen LogP contribution in [-0.2, 0) is 0 Å². The lowest BCUT2D eigenvalue weighted by Gasteiger charge is -2.30. The molecule has 1 aromatic rings. The Balaban J connectivity index is 2.45. The van der Waals surface area contributed by atoms with Crippen LogP contribution in [-0.4, -0.2) is 30.8 Å².